The van der Waals surface area contributed by atoms with Crippen LogP contribution in [0.15, 0.2) is 18.2 Å². The Hall–Kier alpha value is -1.35. The number of hydrogen-bond donors (Lipinski definition) is 1. The molecule has 1 N–H and O–H groups in total. The third-order valence-corrected chi connectivity index (χ3v) is 3.40. The third kappa shape index (κ3) is 3.57. The maximum atomic E-state index is 11.6. The lowest BCUT2D eigenvalue weighted by Gasteiger charge is -2.16. The van der Waals surface area contributed by atoms with Crippen LogP contribution >= 0.6 is 0 Å². The summed E-state index contributed by atoms with van der Waals surface area (Å²) in [6.45, 7) is 0. The second-order valence-corrected chi connectivity index (χ2v) is 5.24. The number of carbonyl (C=O) groups is 1. The van der Waals surface area contributed by atoms with Gasteiger partial charge in [0.25, 0.3) is 0 Å². The van der Waals surface area contributed by atoms with Crippen LogP contribution < -0.4 is 5.43 Å². The van der Waals surface area contributed by atoms with Crippen LogP contribution in [0, 0.1) is 0 Å². The molecule has 0 fully saturated rings. The SMILES string of the molecule is CN(C)NC(=O)CCc1ccc2c(c1)CCCC2. The van der Waals surface area contributed by atoms with Crippen LogP contribution in [-0.4, -0.2) is 25.0 Å². The Bertz CT molecular complexity index is 427. The molecule has 1 aromatic rings. The van der Waals surface area contributed by atoms with Crippen molar-refractivity contribution in [3.05, 3.63) is 34.9 Å². The molecule has 0 aliphatic heterocycles. The predicted octanol–water partition coefficient (Wildman–Crippen LogP) is 2.09. The van der Waals surface area contributed by atoms with E-state index >= 15 is 0 Å². The van der Waals surface area contributed by atoms with Crippen molar-refractivity contribution in [2.45, 2.75) is 38.5 Å². The van der Waals surface area contributed by atoms with Crippen LogP contribution in [0.25, 0.3) is 0 Å². The molecule has 2 rings (SSSR count). The molecule has 0 heterocycles. The first-order valence-electron chi connectivity index (χ1n) is 6.72. The summed E-state index contributed by atoms with van der Waals surface area (Å²) in [5.41, 5.74) is 7.05. The highest BCUT2D eigenvalue weighted by molar-refractivity contribution is 5.75. The molecule has 0 saturated heterocycles. The quantitative estimate of drug-likeness (QED) is 0.825. The Balaban J connectivity index is 1.92. The van der Waals surface area contributed by atoms with Gasteiger partial charge in [0.2, 0.25) is 5.91 Å². The molecule has 0 radical (unpaired) electrons. The van der Waals surface area contributed by atoms with Gasteiger partial charge in [-0.1, -0.05) is 18.2 Å². The van der Waals surface area contributed by atoms with Crippen molar-refractivity contribution in [1.29, 1.82) is 0 Å². The first kappa shape index (κ1) is 13.1. The van der Waals surface area contributed by atoms with E-state index < -0.39 is 0 Å². The van der Waals surface area contributed by atoms with Gasteiger partial charge in [0, 0.05) is 20.5 Å². The summed E-state index contributed by atoms with van der Waals surface area (Å²) in [5, 5.41) is 1.69. The van der Waals surface area contributed by atoms with Crippen LogP contribution in [0.4, 0.5) is 0 Å². The topological polar surface area (TPSA) is 32.3 Å². The molecule has 0 saturated carbocycles. The third-order valence-electron chi connectivity index (χ3n) is 3.40. The van der Waals surface area contributed by atoms with E-state index in [1.165, 1.54) is 42.4 Å². The lowest BCUT2D eigenvalue weighted by atomic mass is 9.90. The van der Waals surface area contributed by atoms with Crippen molar-refractivity contribution in [2.24, 2.45) is 0 Å². The maximum absolute atomic E-state index is 11.6. The van der Waals surface area contributed by atoms with Gasteiger partial charge in [-0.15, -0.1) is 0 Å². The number of amides is 1. The average Bonchev–Trinajstić information content (AvgIpc) is 2.35. The number of nitrogens with one attached hydrogen (secondary N) is 1. The largest absolute Gasteiger partial charge is 0.289 e. The molecule has 98 valence electrons. The summed E-state index contributed by atoms with van der Waals surface area (Å²) < 4.78 is 0. The fraction of sp³-hybridized carbons (Fsp3) is 0.533. The van der Waals surface area contributed by atoms with Crippen LogP contribution in [0.3, 0.4) is 0 Å². The highest BCUT2D eigenvalue weighted by Crippen LogP contribution is 2.22. The zero-order valence-corrected chi connectivity index (χ0v) is 11.3. The van der Waals surface area contributed by atoms with E-state index in [-0.39, 0.29) is 5.91 Å². The molecule has 1 amide bonds. The summed E-state index contributed by atoms with van der Waals surface area (Å²) in [6.07, 6.45) is 6.42. The first-order valence-corrected chi connectivity index (χ1v) is 6.72. The highest BCUT2D eigenvalue weighted by atomic mass is 16.2. The highest BCUT2D eigenvalue weighted by Gasteiger charge is 2.10. The van der Waals surface area contributed by atoms with Gasteiger partial charge >= 0.3 is 0 Å². The van der Waals surface area contributed by atoms with Crippen molar-refractivity contribution in [3.63, 3.8) is 0 Å². The van der Waals surface area contributed by atoms with E-state index in [2.05, 4.69) is 23.6 Å². The fourth-order valence-corrected chi connectivity index (χ4v) is 2.51. The van der Waals surface area contributed by atoms with Crippen LogP contribution in [0.1, 0.15) is 36.0 Å². The van der Waals surface area contributed by atoms with Crippen LogP contribution in [0.5, 0.6) is 0 Å². The van der Waals surface area contributed by atoms with Crippen LogP contribution in [0.2, 0.25) is 0 Å². The maximum Gasteiger partial charge on any atom is 0.234 e. The molecule has 18 heavy (non-hydrogen) atoms. The van der Waals surface area contributed by atoms with Gasteiger partial charge in [-0.2, -0.15) is 0 Å². The van der Waals surface area contributed by atoms with Gasteiger partial charge < -0.3 is 0 Å². The molecule has 0 unspecified atom stereocenters. The summed E-state index contributed by atoms with van der Waals surface area (Å²) in [7, 11) is 3.66. The number of hydrazine groups is 1. The molecule has 0 bridgehead atoms. The Morgan fingerprint density at radius 1 is 1.22 bits per heavy atom. The Kier molecular flexibility index (Phi) is 4.37. The normalized spacial score (nSPS) is 14.4. The zero-order chi connectivity index (χ0) is 13.0. The molecule has 0 spiro atoms. The van der Waals surface area contributed by atoms with Crippen molar-refractivity contribution in [2.75, 3.05) is 14.1 Å². The molecular weight excluding hydrogens is 224 g/mol. The van der Waals surface area contributed by atoms with E-state index in [0.29, 0.717) is 6.42 Å². The fourth-order valence-electron chi connectivity index (χ4n) is 2.51. The molecule has 3 heteroatoms. The molecule has 0 atom stereocenters. The van der Waals surface area contributed by atoms with E-state index in [0.717, 1.165) is 6.42 Å². The number of rotatable bonds is 4. The first-order chi connectivity index (χ1) is 8.65. The lowest BCUT2D eigenvalue weighted by Crippen LogP contribution is -2.36. The van der Waals surface area contributed by atoms with Gasteiger partial charge in [0.15, 0.2) is 0 Å². The molecular formula is C15H22N2O. The summed E-state index contributed by atoms with van der Waals surface area (Å²) in [4.78, 5) is 11.6. The minimum atomic E-state index is 0.0812. The second kappa shape index (κ2) is 6.01. The zero-order valence-electron chi connectivity index (χ0n) is 11.3. The number of aryl methyl sites for hydroxylation is 3. The van der Waals surface area contributed by atoms with Crippen molar-refractivity contribution >= 4 is 5.91 Å². The van der Waals surface area contributed by atoms with E-state index in [1.807, 2.05) is 14.1 Å². The predicted molar refractivity (Wildman–Crippen MR) is 73.2 cm³/mol. The van der Waals surface area contributed by atoms with E-state index in [1.54, 1.807) is 5.01 Å². The van der Waals surface area contributed by atoms with Crippen LogP contribution in [-0.2, 0) is 24.1 Å². The Labute approximate surface area is 109 Å². The van der Waals surface area contributed by atoms with Crippen molar-refractivity contribution in [3.8, 4) is 0 Å². The van der Waals surface area contributed by atoms with E-state index in [4.69, 9.17) is 0 Å². The Morgan fingerprint density at radius 2 is 1.94 bits per heavy atom. The molecule has 3 nitrogen and oxygen atoms in total. The molecule has 1 aliphatic rings. The lowest BCUT2D eigenvalue weighted by molar-refractivity contribution is -0.124. The summed E-state index contributed by atoms with van der Waals surface area (Å²) in [5.74, 6) is 0.0812. The molecule has 1 aromatic carbocycles. The molecule has 0 aromatic heterocycles. The number of fused-ring (bicyclic) bond motifs is 1. The average molecular weight is 246 g/mol. The van der Waals surface area contributed by atoms with Crippen molar-refractivity contribution < 1.29 is 4.79 Å². The monoisotopic (exact) mass is 246 g/mol. The van der Waals surface area contributed by atoms with E-state index in [9.17, 15) is 4.79 Å². The van der Waals surface area contributed by atoms with Gasteiger partial charge in [-0.05, 0) is 48.8 Å². The molecule has 1 aliphatic carbocycles. The van der Waals surface area contributed by atoms with Gasteiger partial charge in [-0.3, -0.25) is 10.2 Å². The number of hydrogen-bond acceptors (Lipinski definition) is 2. The van der Waals surface area contributed by atoms with Gasteiger partial charge in [0.1, 0.15) is 0 Å². The number of nitrogens with zero attached hydrogens (tertiary/aromatic N) is 1. The van der Waals surface area contributed by atoms with Gasteiger partial charge in [0.05, 0.1) is 0 Å². The Morgan fingerprint density at radius 3 is 2.67 bits per heavy atom. The minimum absolute atomic E-state index is 0.0812. The van der Waals surface area contributed by atoms with Gasteiger partial charge in [-0.25, -0.2) is 5.01 Å². The standard InChI is InChI=1S/C15H22N2O/c1-17(2)16-15(18)10-8-12-7-9-13-5-3-4-6-14(13)11-12/h7,9,11H,3-6,8,10H2,1-2H3,(H,16,18). The summed E-state index contributed by atoms with van der Waals surface area (Å²) in [6, 6.07) is 6.71. The summed E-state index contributed by atoms with van der Waals surface area (Å²) >= 11 is 0. The minimum Gasteiger partial charge on any atom is -0.289 e. The van der Waals surface area contributed by atoms with Crippen molar-refractivity contribution in [1.82, 2.24) is 10.4 Å². The second-order valence-electron chi connectivity index (χ2n) is 5.24. The smallest absolute Gasteiger partial charge is 0.234 e. The number of benzene rings is 1. The number of carbonyl (C=O) groups excluding carboxylic acids is 1.